The number of hydrogen-bond donors (Lipinski definition) is 1. The minimum atomic E-state index is 0.461. The summed E-state index contributed by atoms with van der Waals surface area (Å²) in [4.78, 5) is 0. The Hall–Kier alpha value is -1.65. The van der Waals surface area contributed by atoms with Crippen molar-refractivity contribution in [2.24, 2.45) is 0 Å². The van der Waals surface area contributed by atoms with Crippen LogP contribution in [0.3, 0.4) is 0 Å². The third-order valence-corrected chi connectivity index (χ3v) is 3.41. The second-order valence-electron chi connectivity index (χ2n) is 4.20. The third kappa shape index (κ3) is 2.76. The number of halogens is 1. The number of methoxy groups -OCH3 is 2. The molecule has 4 nitrogen and oxygen atoms in total. The Balaban J connectivity index is 2.47. The van der Waals surface area contributed by atoms with E-state index in [1.165, 1.54) is 0 Å². The quantitative estimate of drug-likeness (QED) is 0.882. The summed E-state index contributed by atoms with van der Waals surface area (Å²) in [5.41, 5.74) is 1.85. The Kier molecular flexibility index (Phi) is 4.93. The van der Waals surface area contributed by atoms with E-state index in [4.69, 9.17) is 25.5 Å². The highest BCUT2D eigenvalue weighted by Gasteiger charge is 2.18. The summed E-state index contributed by atoms with van der Waals surface area (Å²) in [7, 11) is 3.17. The van der Waals surface area contributed by atoms with Gasteiger partial charge in [0.05, 0.1) is 27.0 Å². The molecule has 5 heteroatoms. The summed E-state index contributed by atoms with van der Waals surface area (Å²) in [6.45, 7) is 3.58. The molecule has 1 aromatic heterocycles. The molecule has 1 aromatic carbocycles. The zero-order valence-corrected chi connectivity index (χ0v) is 12.6. The highest BCUT2D eigenvalue weighted by Crippen LogP contribution is 2.42. The Labute approximate surface area is 123 Å². The molecule has 1 N–H and O–H groups in total. The summed E-state index contributed by atoms with van der Waals surface area (Å²) in [6.07, 6.45) is 1.67. The topological polar surface area (TPSA) is 43.6 Å². The van der Waals surface area contributed by atoms with Gasteiger partial charge in [0.15, 0.2) is 0 Å². The van der Waals surface area contributed by atoms with E-state index < -0.39 is 0 Å². The monoisotopic (exact) mass is 295 g/mol. The van der Waals surface area contributed by atoms with Gasteiger partial charge in [0.25, 0.3) is 0 Å². The minimum absolute atomic E-state index is 0.461. The SMILES string of the molecule is CCNCc1occc1-c1ccc(OC)c(Cl)c1OC. The molecule has 0 amide bonds. The molecule has 0 fully saturated rings. The van der Waals surface area contributed by atoms with Crippen molar-refractivity contribution in [3.63, 3.8) is 0 Å². The molecule has 0 atom stereocenters. The van der Waals surface area contributed by atoms with Crippen LogP contribution < -0.4 is 14.8 Å². The first kappa shape index (κ1) is 14.8. The van der Waals surface area contributed by atoms with E-state index in [1.807, 2.05) is 25.1 Å². The normalized spacial score (nSPS) is 10.6. The molecule has 0 saturated heterocycles. The lowest BCUT2D eigenvalue weighted by Crippen LogP contribution is -2.11. The Bertz CT molecular complexity index is 580. The lowest BCUT2D eigenvalue weighted by atomic mass is 10.0. The maximum Gasteiger partial charge on any atom is 0.149 e. The molecule has 0 aliphatic carbocycles. The average molecular weight is 296 g/mol. The second kappa shape index (κ2) is 6.68. The molecule has 0 spiro atoms. The fraction of sp³-hybridized carbons (Fsp3) is 0.333. The Morgan fingerprint density at radius 2 is 1.95 bits per heavy atom. The standard InChI is InChI=1S/C15H18ClNO3/c1-4-17-9-13-10(7-8-20-13)11-5-6-12(18-2)14(16)15(11)19-3/h5-8,17H,4,9H2,1-3H3. The lowest BCUT2D eigenvalue weighted by Gasteiger charge is -2.13. The van der Waals surface area contributed by atoms with Gasteiger partial charge in [0.1, 0.15) is 22.3 Å². The van der Waals surface area contributed by atoms with Crippen LogP contribution in [0.25, 0.3) is 11.1 Å². The predicted octanol–water partition coefficient (Wildman–Crippen LogP) is 3.73. The maximum absolute atomic E-state index is 6.29. The van der Waals surface area contributed by atoms with Gasteiger partial charge in [-0.2, -0.15) is 0 Å². The van der Waals surface area contributed by atoms with Gasteiger partial charge >= 0.3 is 0 Å². The van der Waals surface area contributed by atoms with Gasteiger partial charge in [-0.25, -0.2) is 0 Å². The highest BCUT2D eigenvalue weighted by molar-refractivity contribution is 6.34. The fourth-order valence-corrected chi connectivity index (χ4v) is 2.38. The molecule has 2 aromatic rings. The fourth-order valence-electron chi connectivity index (χ4n) is 2.06. The number of furan rings is 1. The number of rotatable bonds is 6. The van der Waals surface area contributed by atoms with Crippen LogP contribution in [0, 0.1) is 0 Å². The molecule has 108 valence electrons. The molecule has 0 aliphatic rings. The van der Waals surface area contributed by atoms with Crippen LogP contribution in [0.5, 0.6) is 11.5 Å². The third-order valence-electron chi connectivity index (χ3n) is 3.06. The van der Waals surface area contributed by atoms with Crippen LogP contribution in [-0.4, -0.2) is 20.8 Å². The van der Waals surface area contributed by atoms with Crippen molar-refractivity contribution in [1.29, 1.82) is 0 Å². The van der Waals surface area contributed by atoms with E-state index in [9.17, 15) is 0 Å². The molecule has 20 heavy (non-hydrogen) atoms. The summed E-state index contributed by atoms with van der Waals surface area (Å²) in [5, 5.41) is 3.70. The summed E-state index contributed by atoms with van der Waals surface area (Å²) in [6, 6.07) is 5.65. The minimum Gasteiger partial charge on any atom is -0.495 e. The largest absolute Gasteiger partial charge is 0.495 e. The Morgan fingerprint density at radius 1 is 1.15 bits per heavy atom. The summed E-state index contributed by atoms with van der Waals surface area (Å²) >= 11 is 6.29. The molecule has 0 unspecified atom stereocenters. The Morgan fingerprint density at radius 3 is 2.60 bits per heavy atom. The van der Waals surface area contributed by atoms with Gasteiger partial charge in [0, 0.05) is 11.1 Å². The molecular formula is C15H18ClNO3. The van der Waals surface area contributed by atoms with Crippen LogP contribution in [0.15, 0.2) is 28.9 Å². The van der Waals surface area contributed by atoms with Crippen molar-refractivity contribution in [2.75, 3.05) is 20.8 Å². The first-order chi connectivity index (χ1) is 9.72. The maximum atomic E-state index is 6.29. The number of hydrogen-bond acceptors (Lipinski definition) is 4. The van der Waals surface area contributed by atoms with Crippen molar-refractivity contribution < 1.29 is 13.9 Å². The first-order valence-electron chi connectivity index (χ1n) is 6.40. The van der Waals surface area contributed by atoms with Crippen LogP contribution in [0.2, 0.25) is 5.02 Å². The predicted molar refractivity (Wildman–Crippen MR) is 79.6 cm³/mol. The molecule has 2 rings (SSSR count). The lowest BCUT2D eigenvalue weighted by molar-refractivity contribution is 0.395. The summed E-state index contributed by atoms with van der Waals surface area (Å²) < 4.78 is 16.2. The first-order valence-corrected chi connectivity index (χ1v) is 6.78. The van der Waals surface area contributed by atoms with E-state index >= 15 is 0 Å². The molecule has 0 saturated carbocycles. The zero-order chi connectivity index (χ0) is 14.5. The van der Waals surface area contributed by atoms with Gasteiger partial charge in [-0.1, -0.05) is 18.5 Å². The van der Waals surface area contributed by atoms with E-state index in [1.54, 1.807) is 20.5 Å². The smallest absolute Gasteiger partial charge is 0.149 e. The average Bonchev–Trinajstić information content (AvgIpc) is 2.92. The van der Waals surface area contributed by atoms with Crippen molar-refractivity contribution in [3.05, 3.63) is 35.2 Å². The van der Waals surface area contributed by atoms with E-state index in [0.29, 0.717) is 23.1 Å². The van der Waals surface area contributed by atoms with Crippen molar-refractivity contribution >= 4 is 11.6 Å². The van der Waals surface area contributed by atoms with E-state index in [2.05, 4.69) is 5.32 Å². The van der Waals surface area contributed by atoms with Gasteiger partial charge in [0.2, 0.25) is 0 Å². The van der Waals surface area contributed by atoms with Crippen molar-refractivity contribution in [3.8, 4) is 22.6 Å². The van der Waals surface area contributed by atoms with E-state index in [0.717, 1.165) is 23.4 Å². The van der Waals surface area contributed by atoms with Gasteiger partial charge in [-0.05, 0) is 24.7 Å². The van der Waals surface area contributed by atoms with Gasteiger partial charge < -0.3 is 19.2 Å². The molecule has 0 aliphatic heterocycles. The number of ether oxygens (including phenoxy) is 2. The van der Waals surface area contributed by atoms with Crippen LogP contribution in [0.4, 0.5) is 0 Å². The number of benzene rings is 1. The molecular weight excluding hydrogens is 278 g/mol. The van der Waals surface area contributed by atoms with Crippen LogP contribution >= 0.6 is 11.6 Å². The van der Waals surface area contributed by atoms with Gasteiger partial charge in [-0.3, -0.25) is 0 Å². The zero-order valence-electron chi connectivity index (χ0n) is 11.8. The van der Waals surface area contributed by atoms with Crippen LogP contribution in [0.1, 0.15) is 12.7 Å². The molecule has 0 radical (unpaired) electrons. The van der Waals surface area contributed by atoms with Crippen LogP contribution in [-0.2, 0) is 6.54 Å². The summed E-state index contributed by atoms with van der Waals surface area (Å²) in [5.74, 6) is 2.03. The molecule has 1 heterocycles. The highest BCUT2D eigenvalue weighted by atomic mass is 35.5. The second-order valence-corrected chi connectivity index (χ2v) is 4.58. The molecule has 0 bridgehead atoms. The van der Waals surface area contributed by atoms with Crippen molar-refractivity contribution in [2.45, 2.75) is 13.5 Å². The van der Waals surface area contributed by atoms with Gasteiger partial charge in [-0.15, -0.1) is 0 Å². The number of nitrogens with one attached hydrogen (secondary N) is 1. The van der Waals surface area contributed by atoms with E-state index in [-0.39, 0.29) is 0 Å². The van der Waals surface area contributed by atoms with Crippen molar-refractivity contribution in [1.82, 2.24) is 5.32 Å².